The van der Waals surface area contributed by atoms with Gasteiger partial charge in [-0.15, -0.1) is 11.3 Å². The van der Waals surface area contributed by atoms with Gasteiger partial charge in [-0.2, -0.15) is 0 Å². The van der Waals surface area contributed by atoms with Crippen LogP contribution in [0.4, 0.5) is 15.9 Å². The molecule has 0 radical (unpaired) electrons. The Kier molecular flexibility index (Phi) is 9.26. The van der Waals surface area contributed by atoms with Gasteiger partial charge in [0.15, 0.2) is 15.3 Å². The van der Waals surface area contributed by atoms with Gasteiger partial charge in [-0.05, 0) is 75.7 Å². The number of halogens is 2. The molecule has 0 amide bonds. The predicted octanol–water partition coefficient (Wildman–Crippen LogP) is 8.12. The van der Waals surface area contributed by atoms with Crippen molar-refractivity contribution in [1.29, 1.82) is 0 Å². The van der Waals surface area contributed by atoms with E-state index in [1.807, 2.05) is 29.6 Å². The first-order valence-corrected chi connectivity index (χ1v) is 16.4. The molecule has 0 aliphatic heterocycles. The van der Waals surface area contributed by atoms with Crippen LogP contribution in [0.3, 0.4) is 0 Å². The Balaban J connectivity index is 1.33. The number of hydrogen-bond acceptors (Lipinski definition) is 9. The first kappa shape index (κ1) is 30.8. The first-order chi connectivity index (χ1) is 20.5. The molecule has 2 heterocycles. The van der Waals surface area contributed by atoms with E-state index < -0.39 is 26.6 Å². The van der Waals surface area contributed by atoms with Crippen LogP contribution in [0.25, 0.3) is 22.2 Å². The summed E-state index contributed by atoms with van der Waals surface area (Å²) in [6.07, 6.45) is 0.989. The van der Waals surface area contributed by atoms with E-state index in [1.54, 1.807) is 52.0 Å². The topological polar surface area (TPSA) is 103 Å². The lowest BCUT2D eigenvalue weighted by atomic mass is 10.1. The SMILES string of the molecule is CC(OC(C)S(=O)(=O)C(C)C)c1nc(-c2ccc3ncnc(Nc4ccc(OCc5cccc(F)c5)c(Cl)c4)c3c2)cs1. The summed E-state index contributed by atoms with van der Waals surface area (Å²) in [4.78, 5) is 13.6. The molecule has 8 nitrogen and oxygen atoms in total. The molecule has 2 atom stereocenters. The number of fused-ring (bicyclic) bond motifs is 1. The second kappa shape index (κ2) is 12.9. The van der Waals surface area contributed by atoms with Gasteiger partial charge in [0.1, 0.15) is 41.4 Å². The Morgan fingerprint density at radius 3 is 2.58 bits per heavy atom. The Morgan fingerprint density at radius 1 is 1.02 bits per heavy atom. The Labute approximate surface area is 258 Å². The summed E-state index contributed by atoms with van der Waals surface area (Å²) in [5, 5.41) is 6.54. The molecule has 5 aromatic rings. The van der Waals surface area contributed by atoms with Crippen LogP contribution in [0.5, 0.6) is 5.75 Å². The highest BCUT2D eigenvalue weighted by Gasteiger charge is 2.28. The highest BCUT2D eigenvalue weighted by atomic mass is 35.5. The molecule has 2 unspecified atom stereocenters. The van der Waals surface area contributed by atoms with Crippen LogP contribution in [-0.2, 0) is 21.2 Å². The highest BCUT2D eigenvalue weighted by molar-refractivity contribution is 7.92. The highest BCUT2D eigenvalue weighted by Crippen LogP contribution is 2.34. The zero-order valence-electron chi connectivity index (χ0n) is 23.9. The van der Waals surface area contributed by atoms with Gasteiger partial charge in [0, 0.05) is 22.0 Å². The Bertz CT molecular complexity index is 1870. The normalized spacial score (nSPS) is 13.3. The molecule has 0 saturated heterocycles. The fraction of sp³-hybridized carbons (Fsp3) is 0.258. The minimum atomic E-state index is -3.40. The number of hydrogen-bond donors (Lipinski definition) is 1. The summed E-state index contributed by atoms with van der Waals surface area (Å²) in [7, 11) is -3.40. The van der Waals surface area contributed by atoms with Crippen molar-refractivity contribution in [3.05, 3.63) is 93.8 Å². The molecule has 224 valence electrons. The van der Waals surface area contributed by atoms with Gasteiger partial charge in [0.25, 0.3) is 0 Å². The van der Waals surface area contributed by atoms with Crippen LogP contribution in [0.2, 0.25) is 5.02 Å². The molecule has 5 rings (SSSR count). The summed E-state index contributed by atoms with van der Waals surface area (Å²) in [5.74, 6) is 0.728. The smallest absolute Gasteiger partial charge is 0.179 e. The number of nitrogens with one attached hydrogen (secondary N) is 1. The third kappa shape index (κ3) is 7.13. The molecule has 0 saturated carbocycles. The minimum absolute atomic E-state index is 0.183. The van der Waals surface area contributed by atoms with Crippen molar-refractivity contribution >= 4 is 55.2 Å². The summed E-state index contributed by atoms with van der Waals surface area (Å²) in [6, 6.07) is 17.3. The second-order valence-electron chi connectivity index (χ2n) is 10.2. The summed E-state index contributed by atoms with van der Waals surface area (Å²) < 4.78 is 50.0. The molecule has 3 aromatic carbocycles. The molecule has 43 heavy (non-hydrogen) atoms. The lowest BCUT2D eigenvalue weighted by Gasteiger charge is -2.19. The van der Waals surface area contributed by atoms with Crippen molar-refractivity contribution < 1.29 is 22.3 Å². The van der Waals surface area contributed by atoms with Crippen molar-refractivity contribution in [3.8, 4) is 17.0 Å². The van der Waals surface area contributed by atoms with Crippen molar-refractivity contribution in [3.63, 3.8) is 0 Å². The number of sulfone groups is 1. The molecule has 1 N–H and O–H groups in total. The maximum Gasteiger partial charge on any atom is 0.179 e. The van der Waals surface area contributed by atoms with E-state index in [4.69, 9.17) is 26.1 Å². The zero-order valence-corrected chi connectivity index (χ0v) is 26.3. The van der Waals surface area contributed by atoms with E-state index in [9.17, 15) is 12.8 Å². The first-order valence-electron chi connectivity index (χ1n) is 13.5. The molecule has 0 aliphatic carbocycles. The number of nitrogens with zero attached hydrogens (tertiary/aromatic N) is 3. The van der Waals surface area contributed by atoms with Gasteiger partial charge in [-0.1, -0.05) is 29.8 Å². The van der Waals surface area contributed by atoms with E-state index in [2.05, 4.69) is 15.3 Å². The van der Waals surface area contributed by atoms with E-state index in [1.165, 1.54) is 29.8 Å². The minimum Gasteiger partial charge on any atom is -0.487 e. The van der Waals surface area contributed by atoms with Gasteiger partial charge in [0.2, 0.25) is 0 Å². The number of ether oxygens (including phenoxy) is 2. The van der Waals surface area contributed by atoms with Gasteiger partial charge in [-0.3, -0.25) is 0 Å². The van der Waals surface area contributed by atoms with Crippen LogP contribution in [0.15, 0.2) is 72.4 Å². The molecule has 2 aromatic heterocycles. The monoisotopic (exact) mass is 640 g/mol. The fourth-order valence-corrected chi connectivity index (χ4v) is 6.49. The van der Waals surface area contributed by atoms with Gasteiger partial charge < -0.3 is 14.8 Å². The summed E-state index contributed by atoms with van der Waals surface area (Å²) in [6.45, 7) is 6.82. The molecule has 0 aliphatic rings. The van der Waals surface area contributed by atoms with E-state index >= 15 is 0 Å². The number of aromatic nitrogens is 3. The average Bonchev–Trinajstić information content (AvgIpc) is 3.47. The number of anilines is 2. The van der Waals surface area contributed by atoms with Gasteiger partial charge in [-0.25, -0.2) is 27.8 Å². The number of rotatable bonds is 11. The summed E-state index contributed by atoms with van der Waals surface area (Å²) in [5.41, 5.74) is 2.77. The summed E-state index contributed by atoms with van der Waals surface area (Å²) >= 11 is 7.90. The molecule has 0 bridgehead atoms. The molecular weight excluding hydrogens is 611 g/mol. The largest absolute Gasteiger partial charge is 0.487 e. The molecular formula is C31H30ClFN4O4S2. The Morgan fingerprint density at radius 2 is 1.84 bits per heavy atom. The maximum atomic E-state index is 13.5. The van der Waals surface area contributed by atoms with Crippen LogP contribution in [-0.4, -0.2) is 34.1 Å². The maximum absolute atomic E-state index is 13.5. The van der Waals surface area contributed by atoms with Crippen LogP contribution in [0, 0.1) is 5.82 Å². The average molecular weight is 641 g/mol. The molecule has 0 spiro atoms. The van der Waals surface area contributed by atoms with Gasteiger partial charge >= 0.3 is 0 Å². The molecule has 12 heteroatoms. The van der Waals surface area contributed by atoms with E-state index in [0.29, 0.717) is 32.8 Å². The van der Waals surface area contributed by atoms with Crippen molar-refractivity contribution in [2.45, 2.75) is 51.1 Å². The quantitative estimate of drug-likeness (QED) is 0.154. The lowest BCUT2D eigenvalue weighted by molar-refractivity contribution is 0.0499. The van der Waals surface area contributed by atoms with Crippen molar-refractivity contribution in [1.82, 2.24) is 15.0 Å². The second-order valence-corrected chi connectivity index (χ2v) is 14.3. The predicted molar refractivity (Wildman–Crippen MR) is 169 cm³/mol. The van der Waals surface area contributed by atoms with Crippen molar-refractivity contribution in [2.24, 2.45) is 0 Å². The standard InChI is InChI=1S/C31H30ClFN4O4S2/c1-18(2)43(38,39)20(4)41-19(3)31-37-28(16-42-31)22-8-10-27-25(13-22)30(35-17-34-27)36-24-9-11-29(26(32)14-24)40-15-21-6-5-7-23(33)12-21/h5-14,16-20H,15H2,1-4H3,(H,34,35,36). The number of thiazole rings is 1. The molecule has 0 fully saturated rings. The van der Waals surface area contributed by atoms with Crippen LogP contribution >= 0.6 is 22.9 Å². The third-order valence-corrected chi connectivity index (χ3v) is 10.4. The van der Waals surface area contributed by atoms with Crippen molar-refractivity contribution in [2.75, 3.05) is 5.32 Å². The lowest BCUT2D eigenvalue weighted by Crippen LogP contribution is -2.29. The van der Waals surface area contributed by atoms with E-state index in [-0.39, 0.29) is 12.4 Å². The number of benzene rings is 3. The van der Waals surface area contributed by atoms with Gasteiger partial charge in [0.05, 0.1) is 21.5 Å². The Hall–Kier alpha value is -3.64. The van der Waals surface area contributed by atoms with E-state index in [0.717, 1.165) is 22.2 Å². The zero-order chi connectivity index (χ0) is 30.7. The van der Waals surface area contributed by atoms with Crippen LogP contribution in [0.1, 0.15) is 44.4 Å². The fourth-order valence-electron chi connectivity index (χ4n) is 4.35. The third-order valence-electron chi connectivity index (χ3n) is 6.79. The van der Waals surface area contributed by atoms with Crippen LogP contribution < -0.4 is 10.1 Å².